The Morgan fingerprint density at radius 1 is 1.58 bits per heavy atom. The third kappa shape index (κ3) is 4.16. The molecule has 0 unspecified atom stereocenters. The number of hydrogen-bond donors (Lipinski definition) is 1. The van der Waals surface area contributed by atoms with Gasteiger partial charge in [-0.25, -0.2) is 0 Å². The van der Waals surface area contributed by atoms with E-state index in [9.17, 15) is 10.1 Å². The van der Waals surface area contributed by atoms with Crippen molar-refractivity contribution in [1.29, 1.82) is 5.26 Å². The summed E-state index contributed by atoms with van der Waals surface area (Å²) in [6.07, 6.45) is 1.89. The molecule has 0 aromatic heterocycles. The Labute approximate surface area is 116 Å². The largest absolute Gasteiger partial charge is 0.480 e. The number of rotatable bonds is 7. The lowest BCUT2D eigenvalue weighted by Crippen LogP contribution is -2.33. The first-order valence-corrected chi connectivity index (χ1v) is 6.89. The monoisotopic (exact) mass is 280 g/mol. The summed E-state index contributed by atoms with van der Waals surface area (Å²) >= 11 is 1.47. The first kappa shape index (κ1) is 15.3. The van der Waals surface area contributed by atoms with Gasteiger partial charge in [-0.15, -0.1) is 11.8 Å². The van der Waals surface area contributed by atoms with Gasteiger partial charge < -0.3 is 14.7 Å². The van der Waals surface area contributed by atoms with Crippen LogP contribution in [0.2, 0.25) is 0 Å². The van der Waals surface area contributed by atoms with E-state index < -0.39 is 5.97 Å². The van der Waals surface area contributed by atoms with E-state index in [0.717, 1.165) is 4.90 Å². The summed E-state index contributed by atoms with van der Waals surface area (Å²) in [5.41, 5.74) is 1.14. The van der Waals surface area contributed by atoms with Gasteiger partial charge in [0.15, 0.2) is 0 Å². The van der Waals surface area contributed by atoms with Crippen LogP contribution in [0.15, 0.2) is 23.1 Å². The molecule has 6 heteroatoms. The van der Waals surface area contributed by atoms with Crippen molar-refractivity contribution in [3.05, 3.63) is 23.8 Å². The topological polar surface area (TPSA) is 73.6 Å². The first-order valence-electron chi connectivity index (χ1n) is 5.66. The van der Waals surface area contributed by atoms with Gasteiger partial charge in [0.25, 0.3) is 0 Å². The Morgan fingerprint density at radius 2 is 2.32 bits per heavy atom. The van der Waals surface area contributed by atoms with Gasteiger partial charge in [0, 0.05) is 18.6 Å². The Kier molecular flexibility index (Phi) is 6.19. The molecule has 1 rings (SSSR count). The second-order valence-electron chi connectivity index (χ2n) is 3.77. The molecule has 5 nitrogen and oxygen atoms in total. The molecule has 1 N–H and O–H groups in total. The third-order valence-electron chi connectivity index (χ3n) is 2.57. The second kappa shape index (κ2) is 7.67. The Morgan fingerprint density at radius 3 is 2.84 bits per heavy atom. The number of carboxylic acids is 1. The van der Waals surface area contributed by atoms with Crippen LogP contribution in [0.25, 0.3) is 0 Å². The lowest BCUT2D eigenvalue weighted by molar-refractivity contribution is -0.135. The average molecular weight is 280 g/mol. The number of thioether (sulfide) groups is 1. The van der Waals surface area contributed by atoms with Crippen LogP contribution >= 0.6 is 11.8 Å². The summed E-state index contributed by atoms with van der Waals surface area (Å²) in [6, 6.07) is 7.58. The summed E-state index contributed by atoms with van der Waals surface area (Å²) in [7, 11) is 1.56. The van der Waals surface area contributed by atoms with E-state index in [4.69, 9.17) is 9.84 Å². The van der Waals surface area contributed by atoms with E-state index >= 15 is 0 Å². The summed E-state index contributed by atoms with van der Waals surface area (Å²) in [4.78, 5) is 13.4. The molecule has 0 amide bonds. The number of aliphatic carboxylic acids is 1. The molecule has 0 bridgehead atoms. The lowest BCUT2D eigenvalue weighted by Gasteiger charge is -2.24. The van der Waals surface area contributed by atoms with Crippen molar-refractivity contribution in [3.63, 3.8) is 0 Å². The van der Waals surface area contributed by atoms with Gasteiger partial charge in [-0.3, -0.25) is 4.79 Å². The summed E-state index contributed by atoms with van der Waals surface area (Å²) < 4.78 is 4.98. The molecule has 0 atom stereocenters. The number of hydrogen-bond acceptors (Lipinski definition) is 5. The summed E-state index contributed by atoms with van der Waals surface area (Å²) in [5, 5.41) is 18.2. The smallest absolute Gasteiger partial charge is 0.323 e. The number of carboxylic acid groups (broad SMARTS) is 1. The zero-order valence-corrected chi connectivity index (χ0v) is 11.7. The maximum absolute atomic E-state index is 10.9. The number of nitriles is 1. The number of carbonyl (C=O) groups is 1. The van der Waals surface area contributed by atoms with E-state index in [1.54, 1.807) is 18.1 Å². The fraction of sp³-hybridized carbons (Fsp3) is 0.385. The molecule has 0 heterocycles. The first-order chi connectivity index (χ1) is 9.13. The van der Waals surface area contributed by atoms with Gasteiger partial charge in [0.2, 0.25) is 0 Å². The van der Waals surface area contributed by atoms with E-state index in [0.29, 0.717) is 24.4 Å². The van der Waals surface area contributed by atoms with Crippen molar-refractivity contribution in [2.45, 2.75) is 4.90 Å². The Bertz CT molecular complexity index is 485. The number of methoxy groups -OCH3 is 1. The van der Waals surface area contributed by atoms with Crippen molar-refractivity contribution < 1.29 is 14.6 Å². The highest BCUT2D eigenvalue weighted by molar-refractivity contribution is 7.98. The van der Waals surface area contributed by atoms with Crippen LogP contribution in [0.5, 0.6) is 0 Å². The zero-order valence-electron chi connectivity index (χ0n) is 10.9. The molecule has 0 aliphatic heterocycles. The number of ether oxygens (including phenoxy) is 1. The normalized spacial score (nSPS) is 9.95. The van der Waals surface area contributed by atoms with Gasteiger partial charge in [0.05, 0.1) is 17.9 Å². The molecule has 1 aromatic rings. The van der Waals surface area contributed by atoms with Gasteiger partial charge in [0.1, 0.15) is 12.6 Å². The lowest BCUT2D eigenvalue weighted by atomic mass is 10.1. The minimum atomic E-state index is -0.936. The van der Waals surface area contributed by atoms with Gasteiger partial charge in [-0.1, -0.05) is 6.07 Å². The minimum absolute atomic E-state index is 0.157. The van der Waals surface area contributed by atoms with Gasteiger partial charge >= 0.3 is 5.97 Å². The van der Waals surface area contributed by atoms with Gasteiger partial charge in [-0.2, -0.15) is 5.26 Å². The number of anilines is 1. The fourth-order valence-electron chi connectivity index (χ4n) is 1.71. The van der Waals surface area contributed by atoms with Crippen LogP contribution in [0.3, 0.4) is 0 Å². The second-order valence-corrected chi connectivity index (χ2v) is 4.62. The highest BCUT2D eigenvalue weighted by Gasteiger charge is 2.16. The molecule has 0 aliphatic rings. The molecular formula is C13H16N2O3S. The maximum Gasteiger partial charge on any atom is 0.323 e. The predicted molar refractivity (Wildman–Crippen MR) is 74.7 cm³/mol. The summed E-state index contributed by atoms with van der Waals surface area (Å²) in [5.74, 6) is -0.936. The van der Waals surface area contributed by atoms with Crippen molar-refractivity contribution in [3.8, 4) is 6.07 Å². The van der Waals surface area contributed by atoms with Crippen LogP contribution in [0.4, 0.5) is 5.69 Å². The van der Waals surface area contributed by atoms with Crippen molar-refractivity contribution in [2.24, 2.45) is 0 Å². The molecule has 102 valence electrons. The Balaban J connectivity index is 3.13. The van der Waals surface area contributed by atoms with Crippen LogP contribution < -0.4 is 4.90 Å². The molecule has 0 saturated heterocycles. The van der Waals surface area contributed by atoms with Crippen molar-refractivity contribution in [1.82, 2.24) is 0 Å². The molecule has 0 fully saturated rings. The van der Waals surface area contributed by atoms with Crippen LogP contribution in [0.1, 0.15) is 5.56 Å². The van der Waals surface area contributed by atoms with E-state index in [-0.39, 0.29) is 6.54 Å². The van der Waals surface area contributed by atoms with Crippen LogP contribution in [-0.4, -0.2) is 44.1 Å². The van der Waals surface area contributed by atoms with E-state index in [1.807, 2.05) is 18.4 Å². The third-order valence-corrected chi connectivity index (χ3v) is 3.35. The van der Waals surface area contributed by atoms with Gasteiger partial charge in [-0.05, 0) is 18.4 Å². The average Bonchev–Trinajstić information content (AvgIpc) is 2.41. The van der Waals surface area contributed by atoms with E-state index in [2.05, 4.69) is 6.07 Å². The number of benzene rings is 1. The quantitative estimate of drug-likeness (QED) is 0.768. The molecule has 19 heavy (non-hydrogen) atoms. The van der Waals surface area contributed by atoms with E-state index in [1.165, 1.54) is 11.8 Å². The number of nitrogens with zero attached hydrogens (tertiary/aromatic N) is 2. The fourth-order valence-corrected chi connectivity index (χ4v) is 2.28. The van der Waals surface area contributed by atoms with Crippen molar-refractivity contribution >= 4 is 23.4 Å². The van der Waals surface area contributed by atoms with Crippen molar-refractivity contribution in [2.75, 3.05) is 38.0 Å². The molecule has 1 aromatic carbocycles. The zero-order chi connectivity index (χ0) is 14.3. The highest BCUT2D eigenvalue weighted by Crippen LogP contribution is 2.28. The summed E-state index contributed by atoms with van der Waals surface area (Å²) in [6.45, 7) is 0.673. The SMILES string of the molecule is COCCN(CC(=O)O)c1cccc(SC)c1C#N. The Hall–Kier alpha value is -1.71. The maximum atomic E-state index is 10.9. The highest BCUT2D eigenvalue weighted by atomic mass is 32.2. The standard InChI is InChI=1S/C13H16N2O3S/c1-18-7-6-15(9-13(16)17)11-4-3-5-12(19-2)10(11)8-14/h3-5H,6-7,9H2,1-2H3,(H,16,17). The molecular weight excluding hydrogens is 264 g/mol. The molecule has 0 radical (unpaired) electrons. The van der Waals surface area contributed by atoms with Crippen LogP contribution in [-0.2, 0) is 9.53 Å². The molecule has 0 saturated carbocycles. The minimum Gasteiger partial charge on any atom is -0.480 e. The molecule has 0 spiro atoms. The molecule has 0 aliphatic carbocycles. The predicted octanol–water partition coefficient (Wildman–Crippen LogP) is 1.82. The van der Waals surface area contributed by atoms with Crippen LogP contribution in [0, 0.1) is 11.3 Å².